The van der Waals surface area contributed by atoms with Crippen molar-refractivity contribution in [3.8, 4) is 0 Å². The molecule has 0 atom stereocenters. The first-order valence-electron chi connectivity index (χ1n) is 6.18. The number of hydrazine groups is 1. The minimum Gasteiger partial charge on any atom is -0.290 e. The molecule has 3 nitrogen and oxygen atoms in total. The van der Waals surface area contributed by atoms with Gasteiger partial charge in [0, 0.05) is 0 Å². The van der Waals surface area contributed by atoms with Gasteiger partial charge in [0.1, 0.15) is 0 Å². The van der Waals surface area contributed by atoms with E-state index in [0.29, 0.717) is 0 Å². The molecule has 4 N–H and O–H groups in total. The van der Waals surface area contributed by atoms with E-state index in [9.17, 15) is 4.79 Å². The molecule has 3 heteroatoms. The van der Waals surface area contributed by atoms with Gasteiger partial charge in [0.05, 0.1) is 0 Å². The van der Waals surface area contributed by atoms with Crippen molar-refractivity contribution in [3.63, 3.8) is 0 Å². The van der Waals surface area contributed by atoms with Gasteiger partial charge in [0.2, 0.25) is 0 Å². The first kappa shape index (κ1) is 15.6. The fraction of sp³-hybridized carbons (Fsp3) is 0. The van der Waals surface area contributed by atoms with Crippen molar-refractivity contribution in [3.05, 3.63) is 83.9 Å². The van der Waals surface area contributed by atoms with Crippen molar-refractivity contribution in [1.82, 2.24) is 0 Å². The Morgan fingerprint density at radius 3 is 1.40 bits per heavy atom. The van der Waals surface area contributed by atoms with E-state index in [4.69, 9.17) is 0 Å². The third-order valence-corrected chi connectivity index (χ3v) is 2.48. The molecule has 2 aromatic carbocycles. The molecule has 0 heterocycles. The van der Waals surface area contributed by atoms with Crippen molar-refractivity contribution >= 4 is 17.9 Å². The molecule has 102 valence electrons. The molecular weight excluding hydrogens is 248 g/mol. The zero-order valence-electron chi connectivity index (χ0n) is 11.1. The summed E-state index contributed by atoms with van der Waals surface area (Å²) in [7, 11) is 0. The Balaban J connectivity index is 0.000000956. The van der Waals surface area contributed by atoms with Crippen molar-refractivity contribution in [2.75, 3.05) is 0 Å². The lowest BCUT2D eigenvalue weighted by atomic mass is 10.1. The van der Waals surface area contributed by atoms with Crippen LogP contribution in [0.4, 0.5) is 0 Å². The number of nitrogens with two attached hydrogens (primary N) is 2. The topological polar surface area (TPSA) is 69.1 Å². The predicted molar refractivity (Wildman–Crippen MR) is 84.3 cm³/mol. The van der Waals surface area contributed by atoms with Crippen molar-refractivity contribution in [1.29, 1.82) is 0 Å². The summed E-state index contributed by atoms with van der Waals surface area (Å²) in [5.74, 6) is 7.99. The van der Waals surface area contributed by atoms with Crippen LogP contribution in [0.3, 0.4) is 0 Å². The van der Waals surface area contributed by atoms with Crippen LogP contribution in [0.15, 0.2) is 72.8 Å². The van der Waals surface area contributed by atoms with Crippen LogP contribution < -0.4 is 11.7 Å². The maximum absolute atomic E-state index is 11.6. The van der Waals surface area contributed by atoms with E-state index < -0.39 is 0 Å². The third kappa shape index (κ3) is 5.91. The highest BCUT2D eigenvalue weighted by Crippen LogP contribution is 2.03. The summed E-state index contributed by atoms with van der Waals surface area (Å²) in [6.45, 7) is 0. The van der Waals surface area contributed by atoms with E-state index >= 15 is 0 Å². The Kier molecular flexibility index (Phi) is 7.35. The minimum atomic E-state index is -0.0114. The van der Waals surface area contributed by atoms with Crippen LogP contribution in [-0.2, 0) is 4.79 Å². The Morgan fingerprint density at radius 1 is 0.700 bits per heavy atom. The predicted octanol–water partition coefficient (Wildman–Crippen LogP) is 2.80. The molecule has 0 aliphatic carbocycles. The second-order valence-electron chi connectivity index (χ2n) is 3.89. The maximum Gasteiger partial charge on any atom is 0.178 e. The van der Waals surface area contributed by atoms with E-state index in [1.54, 1.807) is 12.2 Å². The maximum atomic E-state index is 11.6. The zero-order chi connectivity index (χ0) is 14.6. The van der Waals surface area contributed by atoms with Crippen LogP contribution in [0, 0.1) is 0 Å². The molecule has 0 spiro atoms. The molecule has 2 rings (SSSR count). The smallest absolute Gasteiger partial charge is 0.178 e. The van der Waals surface area contributed by atoms with Crippen LogP contribution >= 0.6 is 0 Å². The van der Waals surface area contributed by atoms with Gasteiger partial charge in [0.15, 0.2) is 5.78 Å². The quantitative estimate of drug-likeness (QED) is 0.508. The zero-order valence-corrected chi connectivity index (χ0v) is 11.1. The molecule has 0 fully saturated rings. The van der Waals surface area contributed by atoms with E-state index in [-0.39, 0.29) is 5.78 Å². The van der Waals surface area contributed by atoms with Crippen LogP contribution in [0.25, 0.3) is 12.2 Å². The molecule has 0 saturated carbocycles. The minimum absolute atomic E-state index is 0.0114. The summed E-state index contributed by atoms with van der Waals surface area (Å²) < 4.78 is 0. The Hall–Kier alpha value is -2.49. The summed E-state index contributed by atoms with van der Waals surface area (Å²) in [5.41, 5.74) is 2.05. The van der Waals surface area contributed by atoms with Crippen LogP contribution in [0.5, 0.6) is 0 Å². The number of benzene rings is 2. The van der Waals surface area contributed by atoms with E-state index in [1.807, 2.05) is 72.8 Å². The SMILES string of the molecule is NN.O=C(C=Cc1ccccc1)C=Cc1ccccc1. The van der Waals surface area contributed by atoms with Gasteiger partial charge in [-0.3, -0.25) is 16.5 Å². The number of hydrogen-bond donors (Lipinski definition) is 2. The average molecular weight is 266 g/mol. The van der Waals surface area contributed by atoms with Crippen molar-refractivity contribution in [2.24, 2.45) is 11.7 Å². The molecule has 0 aliphatic rings. The van der Waals surface area contributed by atoms with Crippen LogP contribution in [0.2, 0.25) is 0 Å². The number of carbonyl (C=O) groups is 1. The van der Waals surface area contributed by atoms with E-state index in [1.165, 1.54) is 0 Å². The lowest BCUT2D eigenvalue weighted by Crippen LogP contribution is -2.02. The lowest BCUT2D eigenvalue weighted by molar-refractivity contribution is -0.110. The molecule has 0 amide bonds. The van der Waals surface area contributed by atoms with Gasteiger partial charge in [0.25, 0.3) is 0 Å². The van der Waals surface area contributed by atoms with Crippen molar-refractivity contribution in [2.45, 2.75) is 0 Å². The number of allylic oxidation sites excluding steroid dienone is 2. The van der Waals surface area contributed by atoms with Crippen molar-refractivity contribution < 1.29 is 4.79 Å². The number of rotatable bonds is 4. The first-order valence-corrected chi connectivity index (χ1v) is 6.18. The second-order valence-corrected chi connectivity index (χ2v) is 3.89. The second kappa shape index (κ2) is 9.44. The van der Waals surface area contributed by atoms with Crippen LogP contribution in [0.1, 0.15) is 11.1 Å². The highest BCUT2D eigenvalue weighted by Gasteiger charge is 1.90. The van der Waals surface area contributed by atoms with Gasteiger partial charge >= 0.3 is 0 Å². The molecular formula is C17H18N2O. The molecule has 0 aliphatic heterocycles. The van der Waals surface area contributed by atoms with Gasteiger partial charge in [-0.1, -0.05) is 72.8 Å². The fourth-order valence-electron chi connectivity index (χ4n) is 1.54. The molecule has 0 saturated heterocycles. The molecule has 0 unspecified atom stereocenters. The summed E-state index contributed by atoms with van der Waals surface area (Å²) in [5, 5.41) is 0. The summed E-state index contributed by atoms with van der Waals surface area (Å²) in [6.07, 6.45) is 6.79. The highest BCUT2D eigenvalue weighted by atomic mass is 16.1. The number of ketones is 1. The summed E-state index contributed by atoms with van der Waals surface area (Å²) in [6, 6.07) is 19.6. The van der Waals surface area contributed by atoms with Gasteiger partial charge in [-0.05, 0) is 23.3 Å². The summed E-state index contributed by atoms with van der Waals surface area (Å²) in [4.78, 5) is 11.6. The highest BCUT2D eigenvalue weighted by molar-refractivity contribution is 6.04. The normalized spacial score (nSPS) is 10.3. The molecule has 2 aromatic rings. The fourth-order valence-corrected chi connectivity index (χ4v) is 1.54. The molecule has 0 bridgehead atoms. The summed E-state index contributed by atoms with van der Waals surface area (Å²) >= 11 is 0. The van der Waals surface area contributed by atoms with E-state index in [0.717, 1.165) is 11.1 Å². The average Bonchev–Trinajstić information content (AvgIpc) is 2.55. The third-order valence-electron chi connectivity index (χ3n) is 2.48. The standard InChI is InChI=1S/C17H14O.H4N2/c18-17(13-11-15-7-3-1-4-8-15)14-12-16-9-5-2-6-10-16;1-2/h1-14H;1-2H2. The van der Waals surface area contributed by atoms with Gasteiger partial charge in [-0.2, -0.15) is 0 Å². The van der Waals surface area contributed by atoms with Crippen LogP contribution in [-0.4, -0.2) is 5.78 Å². The Labute approximate surface area is 119 Å². The Morgan fingerprint density at radius 2 is 1.05 bits per heavy atom. The monoisotopic (exact) mass is 266 g/mol. The van der Waals surface area contributed by atoms with E-state index in [2.05, 4.69) is 11.7 Å². The largest absolute Gasteiger partial charge is 0.290 e. The lowest BCUT2D eigenvalue weighted by Gasteiger charge is -1.91. The molecule has 20 heavy (non-hydrogen) atoms. The Bertz CT molecular complexity index is 509. The number of carbonyl (C=O) groups excluding carboxylic acids is 1. The molecule has 0 radical (unpaired) electrons. The van der Waals surface area contributed by atoms with Gasteiger partial charge in [-0.25, -0.2) is 0 Å². The first-order chi connectivity index (χ1) is 9.84. The number of hydrogen-bond acceptors (Lipinski definition) is 3. The van der Waals surface area contributed by atoms with Gasteiger partial charge < -0.3 is 0 Å². The molecule has 0 aromatic heterocycles. The van der Waals surface area contributed by atoms with Gasteiger partial charge in [-0.15, -0.1) is 0 Å².